The van der Waals surface area contributed by atoms with Crippen molar-refractivity contribution in [1.82, 2.24) is 29.9 Å². The monoisotopic (exact) mass is 529 g/mol. The van der Waals surface area contributed by atoms with Gasteiger partial charge in [-0.15, -0.1) is 13.2 Å². The van der Waals surface area contributed by atoms with Crippen molar-refractivity contribution in [2.45, 2.75) is 56.7 Å². The molecule has 200 valence electrons. The molecule has 0 bridgehead atoms. The van der Waals surface area contributed by atoms with Gasteiger partial charge in [0.15, 0.2) is 18.1 Å². The van der Waals surface area contributed by atoms with Crippen LogP contribution in [0.15, 0.2) is 18.3 Å². The summed E-state index contributed by atoms with van der Waals surface area (Å²) in [6, 6.07) is 2.90. The van der Waals surface area contributed by atoms with Crippen molar-refractivity contribution in [3.8, 4) is 5.88 Å². The molecule has 5 rings (SSSR count). The number of halogens is 4. The van der Waals surface area contributed by atoms with Gasteiger partial charge in [-0.05, 0) is 19.8 Å². The number of methoxy groups -OCH3 is 1. The fourth-order valence-corrected chi connectivity index (χ4v) is 3.76. The maximum atomic E-state index is 15.0. The number of aromatic amines is 1. The van der Waals surface area contributed by atoms with E-state index < -0.39 is 37.4 Å². The minimum atomic E-state index is -4.81. The summed E-state index contributed by atoms with van der Waals surface area (Å²) < 4.78 is 73.3. The van der Waals surface area contributed by atoms with Gasteiger partial charge < -0.3 is 24.8 Å². The van der Waals surface area contributed by atoms with Gasteiger partial charge in [-0.2, -0.15) is 10.1 Å². The fraction of sp³-hybridized carbons (Fsp3) is 0.524. The maximum Gasteiger partial charge on any atom is 0.522 e. The molecule has 3 aromatic heterocycles. The van der Waals surface area contributed by atoms with Crippen molar-refractivity contribution in [2.24, 2.45) is 0 Å². The Labute approximate surface area is 206 Å². The van der Waals surface area contributed by atoms with Crippen LogP contribution in [-0.4, -0.2) is 68.6 Å². The Balaban J connectivity index is 1.28. The number of amides is 1. The standard InChI is InChI=1S/C21H23F4N7O5/c1-20(3-4-20)29-19(33)37-12-9-35-17(16(12)22)11-5-13(31-30-11)27-18-28-15(34-2)6-14-26-10(7-32(14)18)8-36-21(23,24)25/h5-7,12,16-17H,3-4,8-9H2,1-2H3,(H,29,33)(H2,27,28,30,31)/t12-,16-,17-/m0/s1. The van der Waals surface area contributed by atoms with Crippen molar-refractivity contribution < 1.29 is 41.3 Å². The van der Waals surface area contributed by atoms with Crippen LogP contribution in [0.5, 0.6) is 5.88 Å². The van der Waals surface area contributed by atoms with E-state index in [1.165, 1.54) is 29.8 Å². The second-order valence-electron chi connectivity index (χ2n) is 8.98. The molecule has 1 aliphatic heterocycles. The number of hydrogen-bond acceptors (Lipinski definition) is 9. The number of alkyl carbamates (subject to hydrolysis) is 1. The number of imidazole rings is 1. The van der Waals surface area contributed by atoms with Crippen molar-refractivity contribution in [1.29, 1.82) is 0 Å². The first-order valence-electron chi connectivity index (χ1n) is 11.2. The second kappa shape index (κ2) is 9.33. The van der Waals surface area contributed by atoms with Crippen molar-refractivity contribution in [3.63, 3.8) is 0 Å². The summed E-state index contributed by atoms with van der Waals surface area (Å²) in [5, 5.41) is 12.4. The predicted octanol–water partition coefficient (Wildman–Crippen LogP) is 3.30. The van der Waals surface area contributed by atoms with Crippen LogP contribution in [0.4, 0.5) is 34.1 Å². The summed E-state index contributed by atoms with van der Waals surface area (Å²) in [6.07, 6.45) is -6.30. The number of ether oxygens (including phenoxy) is 4. The highest BCUT2D eigenvalue weighted by atomic mass is 19.4. The number of fused-ring (bicyclic) bond motifs is 1. The van der Waals surface area contributed by atoms with Crippen LogP contribution < -0.4 is 15.4 Å². The summed E-state index contributed by atoms with van der Waals surface area (Å²) in [5.74, 6) is 0.466. The first-order chi connectivity index (χ1) is 17.5. The lowest BCUT2D eigenvalue weighted by Crippen LogP contribution is -2.39. The van der Waals surface area contributed by atoms with Gasteiger partial charge in [0.25, 0.3) is 0 Å². The highest BCUT2D eigenvalue weighted by Crippen LogP contribution is 2.36. The molecule has 3 atom stereocenters. The van der Waals surface area contributed by atoms with Gasteiger partial charge in [-0.3, -0.25) is 14.2 Å². The summed E-state index contributed by atoms with van der Waals surface area (Å²) in [5.41, 5.74) is 0.225. The molecule has 12 nitrogen and oxygen atoms in total. The maximum absolute atomic E-state index is 15.0. The van der Waals surface area contributed by atoms with Gasteiger partial charge in [-0.1, -0.05) is 0 Å². The number of carbonyl (C=O) groups is 1. The van der Waals surface area contributed by atoms with Crippen LogP contribution in [-0.2, 0) is 20.8 Å². The summed E-state index contributed by atoms with van der Waals surface area (Å²) >= 11 is 0. The molecule has 0 spiro atoms. The van der Waals surface area contributed by atoms with E-state index in [1.807, 2.05) is 6.92 Å². The van der Waals surface area contributed by atoms with E-state index in [0.717, 1.165) is 12.8 Å². The number of hydrogen-bond donors (Lipinski definition) is 3. The van der Waals surface area contributed by atoms with Crippen LogP contribution in [0.25, 0.3) is 5.65 Å². The number of alkyl halides is 4. The molecular weight excluding hydrogens is 506 g/mol. The number of aromatic nitrogens is 5. The molecule has 2 aliphatic rings. The summed E-state index contributed by atoms with van der Waals surface area (Å²) in [6.45, 7) is 0.949. The molecule has 1 saturated carbocycles. The van der Waals surface area contributed by atoms with E-state index in [-0.39, 0.29) is 46.8 Å². The molecule has 0 radical (unpaired) electrons. The molecule has 0 unspecified atom stereocenters. The zero-order valence-electron chi connectivity index (χ0n) is 19.6. The minimum Gasteiger partial charge on any atom is -0.481 e. The van der Waals surface area contributed by atoms with E-state index in [1.54, 1.807) is 0 Å². The van der Waals surface area contributed by atoms with Gasteiger partial charge in [0.05, 0.1) is 31.7 Å². The van der Waals surface area contributed by atoms with Crippen molar-refractivity contribution >= 4 is 23.5 Å². The van der Waals surface area contributed by atoms with Crippen molar-refractivity contribution in [2.75, 3.05) is 19.0 Å². The first kappa shape index (κ1) is 25.0. The molecule has 1 amide bonds. The normalized spacial score (nSPS) is 22.7. The summed E-state index contributed by atoms with van der Waals surface area (Å²) in [7, 11) is 1.37. The van der Waals surface area contributed by atoms with E-state index in [4.69, 9.17) is 14.2 Å². The quantitative estimate of drug-likeness (QED) is 0.376. The minimum absolute atomic E-state index is 0.00327. The first-order valence-corrected chi connectivity index (χ1v) is 11.2. The van der Waals surface area contributed by atoms with E-state index in [0.29, 0.717) is 0 Å². The number of nitrogens with zero attached hydrogens (tertiary/aromatic N) is 4. The Morgan fingerprint density at radius 1 is 1.32 bits per heavy atom. The smallest absolute Gasteiger partial charge is 0.481 e. The van der Waals surface area contributed by atoms with Gasteiger partial charge in [0, 0.05) is 23.9 Å². The average molecular weight is 529 g/mol. The van der Waals surface area contributed by atoms with Crippen LogP contribution in [0.2, 0.25) is 0 Å². The number of H-pyrrole nitrogens is 1. The van der Waals surface area contributed by atoms with E-state index in [2.05, 4.69) is 35.5 Å². The van der Waals surface area contributed by atoms with Crippen LogP contribution in [0.1, 0.15) is 37.3 Å². The lowest BCUT2D eigenvalue weighted by molar-refractivity contribution is -0.330. The van der Waals surface area contributed by atoms with Gasteiger partial charge >= 0.3 is 12.5 Å². The zero-order chi connectivity index (χ0) is 26.4. The Morgan fingerprint density at radius 2 is 2.11 bits per heavy atom. The Bertz CT molecular complexity index is 1290. The average Bonchev–Trinajstić information content (AvgIpc) is 3.19. The van der Waals surface area contributed by atoms with Crippen LogP contribution in [0.3, 0.4) is 0 Å². The topological polar surface area (TPSA) is 137 Å². The fourth-order valence-electron chi connectivity index (χ4n) is 3.76. The molecule has 0 aromatic carbocycles. The Hall–Kier alpha value is -3.66. The number of anilines is 2. The molecule has 16 heteroatoms. The van der Waals surface area contributed by atoms with Gasteiger partial charge in [0.2, 0.25) is 11.8 Å². The Morgan fingerprint density at radius 3 is 2.81 bits per heavy atom. The van der Waals surface area contributed by atoms with Crippen LogP contribution >= 0.6 is 0 Å². The largest absolute Gasteiger partial charge is 0.522 e. The highest BCUT2D eigenvalue weighted by Gasteiger charge is 2.44. The summed E-state index contributed by atoms with van der Waals surface area (Å²) in [4.78, 5) is 20.4. The van der Waals surface area contributed by atoms with Crippen molar-refractivity contribution in [3.05, 3.63) is 29.7 Å². The number of nitrogens with one attached hydrogen (secondary N) is 3. The van der Waals surface area contributed by atoms with Gasteiger partial charge in [-0.25, -0.2) is 14.2 Å². The molecule has 2 fully saturated rings. The molecule has 4 heterocycles. The lowest BCUT2D eigenvalue weighted by atomic mass is 10.1. The molecule has 3 aromatic rings. The zero-order valence-corrected chi connectivity index (χ0v) is 19.6. The molecule has 1 saturated heterocycles. The SMILES string of the molecule is COc1cc2nc(COC(F)(F)F)cn2c(Nc2cc([C@@H]3OC[C@H](OC(=O)NC4(C)CC4)[C@@H]3F)[nH]n2)n1. The van der Waals surface area contributed by atoms with E-state index >= 15 is 4.39 Å². The third-order valence-corrected chi connectivity index (χ3v) is 5.96. The third kappa shape index (κ3) is 5.69. The van der Waals surface area contributed by atoms with E-state index in [9.17, 15) is 18.0 Å². The Kier molecular flexibility index (Phi) is 6.31. The number of carbonyl (C=O) groups excluding carboxylic acids is 1. The molecule has 3 N–H and O–H groups in total. The second-order valence-corrected chi connectivity index (χ2v) is 8.98. The number of rotatable bonds is 8. The molecular formula is C21H23F4N7O5. The highest BCUT2D eigenvalue weighted by molar-refractivity contribution is 5.69. The molecule has 1 aliphatic carbocycles. The van der Waals surface area contributed by atoms with Crippen LogP contribution in [0, 0.1) is 0 Å². The predicted molar refractivity (Wildman–Crippen MR) is 117 cm³/mol. The molecule has 37 heavy (non-hydrogen) atoms. The third-order valence-electron chi connectivity index (χ3n) is 5.96. The van der Waals surface area contributed by atoms with Gasteiger partial charge in [0.1, 0.15) is 11.8 Å². The lowest BCUT2D eigenvalue weighted by Gasteiger charge is -2.17.